The highest BCUT2D eigenvalue weighted by molar-refractivity contribution is 5.93. The Bertz CT molecular complexity index is 1520. The molecule has 1 aliphatic heterocycles. The van der Waals surface area contributed by atoms with Crippen LogP contribution in [0.25, 0.3) is 0 Å². The SMILES string of the molecule is O=C(NC1CCOCC1)c1cn(Cc2cccc(F)c2)c(Nc2ccc(Oc3cccc(F)n3)cc2)nc1=O. The monoisotopic (exact) mass is 533 g/mol. The quantitative estimate of drug-likeness (QED) is 0.323. The minimum atomic E-state index is -0.699. The molecule has 5 rings (SSSR count). The van der Waals surface area contributed by atoms with E-state index in [0.29, 0.717) is 43.1 Å². The number of anilines is 2. The van der Waals surface area contributed by atoms with Crippen molar-refractivity contribution in [3.8, 4) is 11.6 Å². The van der Waals surface area contributed by atoms with Crippen molar-refractivity contribution >= 4 is 17.5 Å². The normalized spacial score (nSPS) is 13.6. The van der Waals surface area contributed by atoms with Crippen molar-refractivity contribution in [1.29, 1.82) is 0 Å². The maximum Gasteiger partial charge on any atom is 0.287 e. The lowest BCUT2D eigenvalue weighted by Gasteiger charge is -2.23. The average Bonchev–Trinajstić information content (AvgIpc) is 2.92. The fourth-order valence-electron chi connectivity index (χ4n) is 4.11. The van der Waals surface area contributed by atoms with Crippen LogP contribution in [0.2, 0.25) is 0 Å². The predicted molar refractivity (Wildman–Crippen MR) is 139 cm³/mol. The fourth-order valence-corrected chi connectivity index (χ4v) is 4.11. The van der Waals surface area contributed by atoms with E-state index in [0.717, 1.165) is 0 Å². The summed E-state index contributed by atoms with van der Waals surface area (Å²) in [7, 11) is 0. The molecule has 0 spiro atoms. The third kappa shape index (κ3) is 6.82. The Hall–Kier alpha value is -4.64. The van der Waals surface area contributed by atoms with Crippen LogP contribution in [0.4, 0.5) is 20.4 Å². The molecule has 39 heavy (non-hydrogen) atoms. The van der Waals surface area contributed by atoms with Gasteiger partial charge in [0.15, 0.2) is 0 Å². The molecule has 0 saturated carbocycles. The summed E-state index contributed by atoms with van der Waals surface area (Å²) in [6.45, 7) is 1.23. The molecule has 0 radical (unpaired) electrons. The number of carbonyl (C=O) groups excluding carboxylic acids is 1. The highest BCUT2D eigenvalue weighted by Gasteiger charge is 2.21. The Kier molecular flexibility index (Phi) is 7.88. The molecule has 0 aliphatic carbocycles. The van der Waals surface area contributed by atoms with Crippen molar-refractivity contribution in [2.24, 2.45) is 0 Å². The smallest absolute Gasteiger partial charge is 0.287 e. The number of halogens is 2. The molecular formula is C28H25F2N5O4. The van der Waals surface area contributed by atoms with Gasteiger partial charge in [0.05, 0.1) is 6.54 Å². The van der Waals surface area contributed by atoms with Gasteiger partial charge in [-0.1, -0.05) is 18.2 Å². The summed E-state index contributed by atoms with van der Waals surface area (Å²) in [6.07, 6.45) is 2.74. The molecular weight excluding hydrogens is 508 g/mol. The van der Waals surface area contributed by atoms with Crippen LogP contribution >= 0.6 is 0 Å². The van der Waals surface area contributed by atoms with Crippen molar-refractivity contribution in [2.45, 2.75) is 25.4 Å². The van der Waals surface area contributed by atoms with Gasteiger partial charge in [0.2, 0.25) is 17.8 Å². The molecule has 3 heterocycles. The summed E-state index contributed by atoms with van der Waals surface area (Å²) in [6, 6.07) is 16.8. The summed E-state index contributed by atoms with van der Waals surface area (Å²) >= 11 is 0. The number of hydrogen-bond donors (Lipinski definition) is 2. The van der Waals surface area contributed by atoms with Gasteiger partial charge in [0.1, 0.15) is 17.1 Å². The first kappa shape index (κ1) is 26.0. The number of rotatable bonds is 8. The van der Waals surface area contributed by atoms with Crippen LogP contribution in [0.3, 0.4) is 0 Å². The minimum absolute atomic E-state index is 0.0940. The van der Waals surface area contributed by atoms with Crippen LogP contribution in [0.15, 0.2) is 77.7 Å². The lowest BCUT2D eigenvalue weighted by atomic mass is 10.1. The maximum atomic E-state index is 13.9. The molecule has 0 unspecified atom stereocenters. The number of aromatic nitrogens is 3. The fraction of sp³-hybridized carbons (Fsp3) is 0.214. The van der Waals surface area contributed by atoms with Gasteiger partial charge in [-0.25, -0.2) is 4.39 Å². The summed E-state index contributed by atoms with van der Waals surface area (Å²) in [5.41, 5.74) is 0.365. The molecule has 2 aromatic heterocycles. The highest BCUT2D eigenvalue weighted by Crippen LogP contribution is 2.23. The van der Waals surface area contributed by atoms with E-state index in [-0.39, 0.29) is 30.0 Å². The minimum Gasteiger partial charge on any atom is -0.439 e. The summed E-state index contributed by atoms with van der Waals surface area (Å²) in [4.78, 5) is 33.6. The van der Waals surface area contributed by atoms with Crippen LogP contribution in [0, 0.1) is 11.8 Å². The van der Waals surface area contributed by atoms with Gasteiger partial charge in [-0.3, -0.25) is 9.59 Å². The third-order valence-corrected chi connectivity index (χ3v) is 6.06. The first-order valence-electron chi connectivity index (χ1n) is 12.3. The van der Waals surface area contributed by atoms with Gasteiger partial charge in [-0.15, -0.1) is 0 Å². The summed E-state index contributed by atoms with van der Waals surface area (Å²) < 4.78 is 39.7. The second-order valence-electron chi connectivity index (χ2n) is 8.95. The van der Waals surface area contributed by atoms with E-state index in [1.54, 1.807) is 41.0 Å². The van der Waals surface area contributed by atoms with Crippen molar-refractivity contribution in [2.75, 3.05) is 18.5 Å². The van der Waals surface area contributed by atoms with Gasteiger partial charge in [0.25, 0.3) is 11.5 Å². The zero-order valence-corrected chi connectivity index (χ0v) is 20.8. The molecule has 0 atom stereocenters. The number of ether oxygens (including phenoxy) is 2. The highest BCUT2D eigenvalue weighted by atomic mass is 19.1. The second-order valence-corrected chi connectivity index (χ2v) is 8.95. The third-order valence-electron chi connectivity index (χ3n) is 6.06. The first-order chi connectivity index (χ1) is 18.9. The van der Waals surface area contributed by atoms with Gasteiger partial charge >= 0.3 is 0 Å². The summed E-state index contributed by atoms with van der Waals surface area (Å²) in [5, 5.41) is 5.95. The first-order valence-corrected chi connectivity index (χ1v) is 12.3. The van der Waals surface area contributed by atoms with E-state index in [4.69, 9.17) is 9.47 Å². The Balaban J connectivity index is 1.40. The van der Waals surface area contributed by atoms with E-state index in [1.165, 1.54) is 36.5 Å². The number of nitrogens with zero attached hydrogens (tertiary/aromatic N) is 3. The van der Waals surface area contributed by atoms with Crippen molar-refractivity contribution < 1.29 is 23.0 Å². The molecule has 2 N–H and O–H groups in total. The van der Waals surface area contributed by atoms with E-state index >= 15 is 0 Å². The zero-order chi connectivity index (χ0) is 27.2. The lowest BCUT2D eigenvalue weighted by molar-refractivity contribution is 0.0695. The molecule has 4 aromatic rings. The van der Waals surface area contributed by atoms with Crippen LogP contribution < -0.4 is 20.9 Å². The number of amides is 1. The average molecular weight is 534 g/mol. The molecule has 9 nitrogen and oxygen atoms in total. The van der Waals surface area contributed by atoms with E-state index in [9.17, 15) is 18.4 Å². The number of pyridine rings is 1. The Morgan fingerprint density at radius 1 is 1.03 bits per heavy atom. The van der Waals surface area contributed by atoms with Crippen LogP contribution in [0.5, 0.6) is 11.6 Å². The molecule has 11 heteroatoms. The number of nitrogens with one attached hydrogen (secondary N) is 2. The molecule has 200 valence electrons. The van der Waals surface area contributed by atoms with Gasteiger partial charge in [-0.05, 0) is 60.9 Å². The van der Waals surface area contributed by atoms with Crippen LogP contribution in [-0.2, 0) is 11.3 Å². The van der Waals surface area contributed by atoms with E-state index in [2.05, 4.69) is 20.6 Å². The second kappa shape index (κ2) is 11.8. The topological polar surface area (TPSA) is 107 Å². The summed E-state index contributed by atoms with van der Waals surface area (Å²) in [5.74, 6) is -0.895. The Morgan fingerprint density at radius 2 is 1.79 bits per heavy atom. The van der Waals surface area contributed by atoms with Crippen molar-refractivity contribution in [3.63, 3.8) is 0 Å². The Labute approximate surface area is 222 Å². The zero-order valence-electron chi connectivity index (χ0n) is 20.8. The predicted octanol–water partition coefficient (Wildman–Crippen LogP) is 4.41. The molecule has 1 amide bonds. The van der Waals surface area contributed by atoms with Gasteiger partial charge < -0.3 is 24.7 Å². The molecule has 1 saturated heterocycles. The van der Waals surface area contributed by atoms with Crippen LogP contribution in [0.1, 0.15) is 28.8 Å². The maximum absolute atomic E-state index is 13.9. The molecule has 2 aromatic carbocycles. The standard InChI is InChI=1S/C28H25F2N5O4/c29-19-4-1-3-18(15-19)16-35-17-23(26(36)31-21-11-13-38-14-12-21)27(37)34-28(35)32-20-7-9-22(10-8-20)39-25-6-2-5-24(30)33-25/h1-10,15,17,21H,11-14,16H2,(H,31,36)(H,32,34,37). The Morgan fingerprint density at radius 3 is 2.54 bits per heavy atom. The van der Waals surface area contributed by atoms with Crippen molar-refractivity contribution in [1.82, 2.24) is 19.9 Å². The number of carbonyl (C=O) groups is 1. The molecule has 1 aliphatic rings. The van der Waals surface area contributed by atoms with Gasteiger partial charge in [-0.2, -0.15) is 14.4 Å². The van der Waals surface area contributed by atoms with E-state index in [1.807, 2.05) is 0 Å². The largest absolute Gasteiger partial charge is 0.439 e. The number of benzene rings is 2. The van der Waals surface area contributed by atoms with E-state index < -0.39 is 23.2 Å². The van der Waals surface area contributed by atoms with Crippen molar-refractivity contribution in [3.05, 3.63) is 106 Å². The lowest BCUT2D eigenvalue weighted by Crippen LogP contribution is -2.41. The molecule has 1 fully saturated rings. The van der Waals surface area contributed by atoms with Gasteiger partial charge in [0, 0.05) is 37.2 Å². The molecule has 0 bridgehead atoms. The number of hydrogen-bond acceptors (Lipinski definition) is 7. The van der Waals surface area contributed by atoms with Crippen LogP contribution in [-0.4, -0.2) is 39.7 Å².